The van der Waals surface area contributed by atoms with Gasteiger partial charge in [-0.25, -0.2) is 4.98 Å². The summed E-state index contributed by atoms with van der Waals surface area (Å²) in [7, 11) is 0. The number of nitrogens with zero attached hydrogens (tertiary/aromatic N) is 4. The Morgan fingerprint density at radius 2 is 1.87 bits per heavy atom. The number of aromatic nitrogens is 4. The summed E-state index contributed by atoms with van der Waals surface area (Å²) in [5, 5.41) is 13.4. The van der Waals surface area contributed by atoms with Gasteiger partial charge in [-0.2, -0.15) is 0 Å². The van der Waals surface area contributed by atoms with Crippen molar-refractivity contribution in [2.75, 3.05) is 12.3 Å². The Morgan fingerprint density at radius 1 is 1.10 bits per heavy atom. The number of fused-ring (bicyclic) bond motifs is 3. The fourth-order valence-electron chi connectivity index (χ4n) is 4.16. The fraction of sp³-hybridized carbons (Fsp3) is 0.333. The van der Waals surface area contributed by atoms with Gasteiger partial charge < -0.3 is 9.88 Å². The molecular weight excluding hydrogens is 406 g/mol. The lowest BCUT2D eigenvalue weighted by atomic mass is 9.96. The Hall–Kier alpha value is -2.93. The highest BCUT2D eigenvalue weighted by atomic mass is 32.2. The predicted molar refractivity (Wildman–Crippen MR) is 124 cm³/mol. The third-order valence-corrected chi connectivity index (χ3v) is 6.84. The summed E-state index contributed by atoms with van der Waals surface area (Å²) in [6, 6.07) is 18.6. The number of rotatable bonds is 8. The van der Waals surface area contributed by atoms with Gasteiger partial charge in [0.1, 0.15) is 5.52 Å². The molecule has 0 aliphatic heterocycles. The van der Waals surface area contributed by atoms with Gasteiger partial charge in [-0.1, -0.05) is 67.2 Å². The molecule has 0 bridgehead atoms. The first-order chi connectivity index (χ1) is 15.2. The summed E-state index contributed by atoms with van der Waals surface area (Å²) in [5.41, 5.74) is 4.19. The number of carbonyl (C=O) groups excluding carboxylic acids is 1. The third-order valence-electron chi connectivity index (χ3n) is 6.00. The first-order valence-corrected chi connectivity index (χ1v) is 11.8. The van der Waals surface area contributed by atoms with E-state index in [4.69, 9.17) is 4.98 Å². The number of thioether (sulfide) groups is 1. The number of aryl methyl sites for hydroxylation is 1. The van der Waals surface area contributed by atoms with Crippen LogP contribution in [0.5, 0.6) is 0 Å². The van der Waals surface area contributed by atoms with Crippen LogP contribution in [0.15, 0.2) is 59.8 Å². The molecule has 0 unspecified atom stereocenters. The van der Waals surface area contributed by atoms with Crippen LogP contribution in [0, 0.1) is 0 Å². The minimum absolute atomic E-state index is 0.00463. The Bertz CT molecular complexity index is 1230. The molecule has 1 N–H and O–H groups in total. The maximum Gasteiger partial charge on any atom is 0.230 e. The van der Waals surface area contributed by atoms with Crippen LogP contribution in [-0.4, -0.2) is 38.0 Å². The first kappa shape index (κ1) is 20.0. The molecule has 6 nitrogen and oxygen atoms in total. The van der Waals surface area contributed by atoms with Crippen LogP contribution in [-0.2, 0) is 16.8 Å². The molecule has 1 amide bonds. The molecule has 2 aromatic carbocycles. The Balaban J connectivity index is 1.27. The zero-order chi connectivity index (χ0) is 21.3. The Labute approximate surface area is 185 Å². The molecule has 1 aliphatic rings. The predicted octanol–water partition coefficient (Wildman–Crippen LogP) is 4.33. The van der Waals surface area contributed by atoms with Gasteiger partial charge in [0.2, 0.25) is 11.1 Å². The van der Waals surface area contributed by atoms with Crippen molar-refractivity contribution in [3.05, 3.63) is 60.2 Å². The Morgan fingerprint density at radius 3 is 2.65 bits per heavy atom. The molecule has 158 valence electrons. The van der Waals surface area contributed by atoms with Crippen molar-refractivity contribution in [1.82, 2.24) is 25.1 Å². The van der Waals surface area contributed by atoms with E-state index in [1.165, 1.54) is 17.3 Å². The lowest BCUT2D eigenvalue weighted by Crippen LogP contribution is -2.33. The summed E-state index contributed by atoms with van der Waals surface area (Å²) in [6.07, 6.45) is 3.25. The number of nitrogens with one attached hydrogen (secondary N) is 1. The number of benzene rings is 2. The highest BCUT2D eigenvalue weighted by molar-refractivity contribution is 7.99. The van der Waals surface area contributed by atoms with Crippen LogP contribution in [0.1, 0.15) is 31.7 Å². The molecule has 5 rings (SSSR count). The van der Waals surface area contributed by atoms with E-state index in [-0.39, 0.29) is 17.1 Å². The van der Waals surface area contributed by atoms with E-state index in [0.717, 1.165) is 47.9 Å². The third kappa shape index (κ3) is 3.90. The van der Waals surface area contributed by atoms with E-state index in [2.05, 4.69) is 63.4 Å². The van der Waals surface area contributed by atoms with Gasteiger partial charge in [-0.05, 0) is 30.9 Å². The lowest BCUT2D eigenvalue weighted by Gasteiger charge is -2.16. The maximum absolute atomic E-state index is 12.5. The van der Waals surface area contributed by atoms with Crippen molar-refractivity contribution in [1.29, 1.82) is 0 Å². The van der Waals surface area contributed by atoms with Crippen LogP contribution in [0.3, 0.4) is 0 Å². The maximum atomic E-state index is 12.5. The van der Waals surface area contributed by atoms with Crippen molar-refractivity contribution in [2.24, 2.45) is 0 Å². The number of para-hydroxylation sites is 1. The van der Waals surface area contributed by atoms with Gasteiger partial charge in [-0.3, -0.25) is 4.79 Å². The molecule has 2 heterocycles. The summed E-state index contributed by atoms with van der Waals surface area (Å²) in [6.45, 7) is 3.70. The number of amides is 1. The zero-order valence-corrected chi connectivity index (χ0v) is 18.4. The summed E-state index contributed by atoms with van der Waals surface area (Å²) in [5.74, 6) is 0.288. The van der Waals surface area contributed by atoms with E-state index in [1.54, 1.807) is 0 Å². The molecule has 0 atom stereocenters. The molecule has 1 fully saturated rings. The van der Waals surface area contributed by atoms with Gasteiger partial charge in [0.15, 0.2) is 5.65 Å². The second kappa shape index (κ2) is 8.30. The molecule has 1 aliphatic carbocycles. The van der Waals surface area contributed by atoms with E-state index in [9.17, 15) is 4.79 Å². The molecular formula is C24H25N5OS. The van der Waals surface area contributed by atoms with E-state index >= 15 is 0 Å². The lowest BCUT2D eigenvalue weighted by molar-refractivity contribution is -0.118. The smallest absolute Gasteiger partial charge is 0.230 e. The minimum Gasteiger partial charge on any atom is -0.354 e. The SMILES string of the molecule is CCCn1c2ccccc2c2nnc(SCC(=O)NCC3(c4ccccc4)CC3)nc21. The molecule has 0 saturated heterocycles. The Kier molecular flexibility index (Phi) is 5.36. The highest BCUT2D eigenvalue weighted by Crippen LogP contribution is 2.47. The first-order valence-electron chi connectivity index (χ1n) is 10.8. The van der Waals surface area contributed by atoms with Crippen molar-refractivity contribution in [3.63, 3.8) is 0 Å². The van der Waals surface area contributed by atoms with Crippen LogP contribution < -0.4 is 5.32 Å². The molecule has 4 aromatic rings. The van der Waals surface area contributed by atoms with E-state index < -0.39 is 0 Å². The van der Waals surface area contributed by atoms with Crippen LogP contribution >= 0.6 is 11.8 Å². The van der Waals surface area contributed by atoms with Gasteiger partial charge in [0, 0.05) is 23.9 Å². The average molecular weight is 432 g/mol. The second-order valence-electron chi connectivity index (χ2n) is 8.15. The molecule has 2 aromatic heterocycles. The van der Waals surface area contributed by atoms with Crippen molar-refractivity contribution >= 4 is 39.7 Å². The van der Waals surface area contributed by atoms with Crippen molar-refractivity contribution < 1.29 is 4.79 Å². The molecule has 31 heavy (non-hydrogen) atoms. The van der Waals surface area contributed by atoms with Gasteiger partial charge in [0.05, 0.1) is 11.3 Å². The monoisotopic (exact) mass is 431 g/mol. The standard InChI is InChI=1S/C24H25N5OS/c1-2-14-29-19-11-7-6-10-18(19)21-22(29)26-23(28-27-21)31-15-20(30)25-16-24(12-13-24)17-8-4-3-5-9-17/h3-11H,2,12-16H2,1H3,(H,25,30). The number of hydrogen-bond donors (Lipinski definition) is 1. The second-order valence-corrected chi connectivity index (χ2v) is 9.09. The van der Waals surface area contributed by atoms with Crippen LogP contribution in [0.4, 0.5) is 0 Å². The number of hydrogen-bond acceptors (Lipinski definition) is 5. The topological polar surface area (TPSA) is 72.7 Å². The molecule has 0 spiro atoms. The van der Waals surface area contributed by atoms with Crippen LogP contribution in [0.25, 0.3) is 22.1 Å². The van der Waals surface area contributed by atoms with Crippen molar-refractivity contribution in [2.45, 2.75) is 43.3 Å². The quantitative estimate of drug-likeness (QED) is 0.421. The summed E-state index contributed by atoms with van der Waals surface area (Å²) < 4.78 is 2.19. The molecule has 7 heteroatoms. The van der Waals surface area contributed by atoms with Crippen molar-refractivity contribution in [3.8, 4) is 0 Å². The van der Waals surface area contributed by atoms with Gasteiger partial charge >= 0.3 is 0 Å². The summed E-state index contributed by atoms with van der Waals surface area (Å²) in [4.78, 5) is 17.2. The molecule has 1 saturated carbocycles. The molecule has 0 radical (unpaired) electrons. The fourth-order valence-corrected chi connectivity index (χ4v) is 4.77. The van der Waals surface area contributed by atoms with E-state index in [0.29, 0.717) is 11.7 Å². The van der Waals surface area contributed by atoms with Gasteiger partial charge in [0.25, 0.3) is 0 Å². The van der Waals surface area contributed by atoms with Gasteiger partial charge in [-0.15, -0.1) is 10.2 Å². The number of carbonyl (C=O) groups is 1. The highest BCUT2D eigenvalue weighted by Gasteiger charge is 2.44. The normalized spacial score (nSPS) is 14.7. The summed E-state index contributed by atoms with van der Waals surface area (Å²) >= 11 is 1.34. The van der Waals surface area contributed by atoms with E-state index in [1.807, 2.05) is 18.2 Å². The largest absolute Gasteiger partial charge is 0.354 e. The zero-order valence-electron chi connectivity index (χ0n) is 17.5. The van der Waals surface area contributed by atoms with Crippen LogP contribution in [0.2, 0.25) is 0 Å². The minimum atomic E-state index is 0.00463. The average Bonchev–Trinajstić information content (AvgIpc) is 3.56.